The van der Waals surface area contributed by atoms with E-state index in [-0.39, 0.29) is 10.6 Å². The highest BCUT2D eigenvalue weighted by Gasteiger charge is 2.19. The third-order valence-corrected chi connectivity index (χ3v) is 2.96. The number of rotatable bonds is 6. The molecule has 0 saturated heterocycles. The second-order valence-corrected chi connectivity index (χ2v) is 4.40. The maximum absolute atomic E-state index is 11.1. The summed E-state index contributed by atoms with van der Waals surface area (Å²) in [5.74, 6) is 0. The summed E-state index contributed by atoms with van der Waals surface area (Å²) in [6.07, 6.45) is 0. The fourth-order valence-electron chi connectivity index (χ4n) is 1.52. The van der Waals surface area contributed by atoms with Gasteiger partial charge < -0.3 is 15.5 Å². The molecule has 1 aromatic carbocycles. The fourth-order valence-corrected chi connectivity index (χ4v) is 1.52. The number of nitro benzene ring substituents is 1. The molecule has 2 N–H and O–H groups in total. The van der Waals surface area contributed by atoms with Gasteiger partial charge in [0.15, 0.2) is 0 Å². The van der Waals surface area contributed by atoms with E-state index in [4.69, 9.17) is 0 Å². The van der Waals surface area contributed by atoms with E-state index in [9.17, 15) is 10.1 Å². The molecule has 0 spiro atoms. The number of hydrogen-bond acceptors (Lipinski definition) is 5. The predicted octanol–water partition coefficient (Wildman–Crippen LogP) is 2.00. The van der Waals surface area contributed by atoms with E-state index in [1.54, 1.807) is 25.2 Å². The van der Waals surface area contributed by atoms with Crippen LogP contribution in [0.1, 0.15) is 6.92 Å². The van der Waals surface area contributed by atoms with Crippen LogP contribution in [0.3, 0.4) is 0 Å². The molecule has 0 heterocycles. The van der Waals surface area contributed by atoms with E-state index in [0.29, 0.717) is 24.0 Å². The topological polar surface area (TPSA) is 70.4 Å². The van der Waals surface area contributed by atoms with Crippen LogP contribution < -0.4 is 10.6 Å². The largest absolute Gasteiger partial charge is 0.382 e. The van der Waals surface area contributed by atoms with Gasteiger partial charge >= 0.3 is 5.69 Å². The highest BCUT2D eigenvalue weighted by Crippen LogP contribution is 2.32. The first-order chi connectivity index (χ1) is 8.47. The van der Waals surface area contributed by atoms with Crippen molar-refractivity contribution in [3.63, 3.8) is 0 Å². The zero-order valence-electron chi connectivity index (χ0n) is 11.2. The second kappa shape index (κ2) is 6.20. The van der Waals surface area contributed by atoms with Gasteiger partial charge in [0, 0.05) is 19.6 Å². The zero-order chi connectivity index (χ0) is 13.7. The van der Waals surface area contributed by atoms with Crippen molar-refractivity contribution in [3.8, 4) is 0 Å². The molecule has 0 aliphatic heterocycles. The van der Waals surface area contributed by atoms with Gasteiger partial charge in [-0.05, 0) is 33.2 Å². The van der Waals surface area contributed by atoms with Crippen molar-refractivity contribution in [2.24, 2.45) is 0 Å². The number of para-hydroxylation sites is 1. The van der Waals surface area contributed by atoms with E-state index in [0.717, 1.165) is 0 Å². The Morgan fingerprint density at radius 3 is 2.50 bits per heavy atom. The van der Waals surface area contributed by atoms with Crippen LogP contribution >= 0.6 is 0 Å². The van der Waals surface area contributed by atoms with Crippen molar-refractivity contribution >= 4 is 17.1 Å². The molecule has 18 heavy (non-hydrogen) atoms. The lowest BCUT2D eigenvalue weighted by molar-refractivity contribution is -0.383. The van der Waals surface area contributed by atoms with Gasteiger partial charge in [0.25, 0.3) is 0 Å². The van der Waals surface area contributed by atoms with Gasteiger partial charge in [-0.25, -0.2) is 0 Å². The van der Waals surface area contributed by atoms with Crippen molar-refractivity contribution < 1.29 is 4.92 Å². The first-order valence-corrected chi connectivity index (χ1v) is 5.82. The van der Waals surface area contributed by atoms with Gasteiger partial charge in [0.2, 0.25) is 0 Å². The van der Waals surface area contributed by atoms with Gasteiger partial charge in [0.05, 0.1) is 4.92 Å². The molecule has 1 aromatic rings. The highest BCUT2D eigenvalue weighted by atomic mass is 16.6. The van der Waals surface area contributed by atoms with Crippen LogP contribution in [0.25, 0.3) is 0 Å². The SMILES string of the molecule is CNc1cccc(NCC(C)N(C)C)c1[N+](=O)[O-]. The molecule has 1 atom stereocenters. The Labute approximate surface area is 107 Å². The lowest BCUT2D eigenvalue weighted by Crippen LogP contribution is -2.31. The smallest absolute Gasteiger partial charge is 0.315 e. The van der Waals surface area contributed by atoms with Crippen LogP contribution in [-0.2, 0) is 0 Å². The zero-order valence-corrected chi connectivity index (χ0v) is 11.2. The van der Waals surface area contributed by atoms with Crippen LogP contribution in [0.2, 0.25) is 0 Å². The molecule has 0 radical (unpaired) electrons. The van der Waals surface area contributed by atoms with Gasteiger partial charge in [-0.2, -0.15) is 0 Å². The van der Waals surface area contributed by atoms with E-state index in [2.05, 4.69) is 22.5 Å². The van der Waals surface area contributed by atoms with E-state index >= 15 is 0 Å². The van der Waals surface area contributed by atoms with Crippen molar-refractivity contribution in [1.29, 1.82) is 0 Å². The summed E-state index contributed by atoms with van der Waals surface area (Å²) in [5.41, 5.74) is 1.15. The highest BCUT2D eigenvalue weighted by molar-refractivity contribution is 5.76. The van der Waals surface area contributed by atoms with E-state index < -0.39 is 0 Å². The summed E-state index contributed by atoms with van der Waals surface area (Å²) in [5, 5.41) is 17.1. The number of nitrogens with zero attached hydrogens (tertiary/aromatic N) is 2. The summed E-state index contributed by atoms with van der Waals surface area (Å²) < 4.78 is 0. The Morgan fingerprint density at radius 1 is 1.39 bits per heavy atom. The molecule has 100 valence electrons. The Bertz CT molecular complexity index is 421. The number of benzene rings is 1. The van der Waals surface area contributed by atoms with Crippen LogP contribution in [0.15, 0.2) is 18.2 Å². The van der Waals surface area contributed by atoms with Crippen molar-refractivity contribution in [2.45, 2.75) is 13.0 Å². The Balaban J connectivity index is 2.91. The predicted molar refractivity (Wildman–Crippen MR) is 74.3 cm³/mol. The molecule has 0 aromatic heterocycles. The van der Waals surface area contributed by atoms with Crippen LogP contribution in [0, 0.1) is 10.1 Å². The molecule has 0 saturated carbocycles. The monoisotopic (exact) mass is 252 g/mol. The first kappa shape index (κ1) is 14.2. The van der Waals surface area contributed by atoms with E-state index in [1.807, 2.05) is 14.1 Å². The summed E-state index contributed by atoms with van der Waals surface area (Å²) in [6, 6.07) is 5.50. The van der Waals surface area contributed by atoms with Crippen molar-refractivity contribution in [3.05, 3.63) is 28.3 Å². The lowest BCUT2D eigenvalue weighted by atomic mass is 10.2. The van der Waals surface area contributed by atoms with E-state index in [1.165, 1.54) is 0 Å². The maximum atomic E-state index is 11.1. The van der Waals surface area contributed by atoms with Crippen molar-refractivity contribution in [1.82, 2.24) is 4.90 Å². The lowest BCUT2D eigenvalue weighted by Gasteiger charge is -2.20. The number of anilines is 2. The summed E-state index contributed by atoms with van der Waals surface area (Å²) in [6.45, 7) is 2.71. The minimum Gasteiger partial charge on any atom is -0.382 e. The number of likely N-dealkylation sites (N-methyl/N-ethyl adjacent to an activating group) is 1. The van der Waals surface area contributed by atoms with Gasteiger partial charge in [0.1, 0.15) is 11.4 Å². The number of nitro groups is 1. The quantitative estimate of drug-likeness (QED) is 0.598. The minimum absolute atomic E-state index is 0.0888. The molecule has 0 fully saturated rings. The molecule has 1 unspecified atom stereocenters. The summed E-state index contributed by atoms with van der Waals surface area (Å²) in [7, 11) is 5.63. The normalized spacial score (nSPS) is 12.3. The maximum Gasteiger partial charge on any atom is 0.315 e. The molecule has 1 rings (SSSR count). The van der Waals surface area contributed by atoms with Crippen LogP contribution in [0.4, 0.5) is 17.1 Å². The second-order valence-electron chi connectivity index (χ2n) is 4.40. The average Bonchev–Trinajstić information content (AvgIpc) is 2.34. The van der Waals surface area contributed by atoms with Crippen LogP contribution in [0.5, 0.6) is 0 Å². The van der Waals surface area contributed by atoms with Crippen LogP contribution in [-0.4, -0.2) is 43.6 Å². The Hall–Kier alpha value is -1.82. The standard InChI is InChI=1S/C12H20N4O2/c1-9(15(3)4)8-14-11-7-5-6-10(13-2)12(11)16(17)18/h5-7,9,13-14H,8H2,1-4H3. The van der Waals surface area contributed by atoms with Gasteiger partial charge in [-0.1, -0.05) is 6.07 Å². The molecule has 0 aliphatic rings. The van der Waals surface area contributed by atoms with Gasteiger partial charge in [-0.3, -0.25) is 10.1 Å². The fraction of sp³-hybridized carbons (Fsp3) is 0.500. The third-order valence-electron chi connectivity index (χ3n) is 2.96. The Kier molecular flexibility index (Phi) is 4.91. The molecule has 6 heteroatoms. The van der Waals surface area contributed by atoms with Crippen molar-refractivity contribution in [2.75, 3.05) is 38.3 Å². The minimum atomic E-state index is -0.367. The molecule has 0 bridgehead atoms. The first-order valence-electron chi connectivity index (χ1n) is 5.82. The molecular formula is C12H20N4O2. The summed E-state index contributed by atoms with van der Waals surface area (Å²) in [4.78, 5) is 12.8. The molecular weight excluding hydrogens is 232 g/mol. The Morgan fingerprint density at radius 2 is 2.00 bits per heavy atom. The van der Waals surface area contributed by atoms with Gasteiger partial charge in [-0.15, -0.1) is 0 Å². The molecule has 6 nitrogen and oxygen atoms in total. The number of nitrogens with one attached hydrogen (secondary N) is 2. The molecule has 0 aliphatic carbocycles. The third kappa shape index (κ3) is 3.33. The molecule has 0 amide bonds. The summed E-state index contributed by atoms with van der Waals surface area (Å²) >= 11 is 0. The average molecular weight is 252 g/mol. The number of hydrogen-bond donors (Lipinski definition) is 2.